The largest absolute Gasteiger partial charge is 0.312 e. The molecule has 0 amide bonds. The first-order chi connectivity index (χ1) is 13.2. The molecule has 0 spiro atoms. The Morgan fingerprint density at radius 1 is 1.14 bits per heavy atom. The lowest BCUT2D eigenvalue weighted by Crippen LogP contribution is -2.38. The normalized spacial score (nSPS) is 16.5. The van der Waals surface area contributed by atoms with Gasteiger partial charge in [0.15, 0.2) is 0 Å². The molecule has 2 heterocycles. The third kappa shape index (κ3) is 3.15. The number of nitrogens with one attached hydrogen (secondary N) is 1. The van der Waals surface area contributed by atoms with Crippen LogP contribution in [0.25, 0.3) is 10.9 Å². The number of aromatic nitrogens is 1. The minimum Gasteiger partial charge on any atom is -0.312 e. The van der Waals surface area contributed by atoms with Gasteiger partial charge in [0.1, 0.15) is 0 Å². The lowest BCUT2D eigenvalue weighted by Gasteiger charge is -2.33. The molecule has 0 atom stereocenters. The van der Waals surface area contributed by atoms with Crippen molar-refractivity contribution in [3.63, 3.8) is 0 Å². The van der Waals surface area contributed by atoms with E-state index in [0.717, 1.165) is 28.6 Å². The average Bonchev–Trinajstić information content (AvgIpc) is 3.00. The number of para-hydroxylation sites is 1. The van der Waals surface area contributed by atoms with E-state index in [-0.39, 0.29) is 5.41 Å². The summed E-state index contributed by atoms with van der Waals surface area (Å²) >= 11 is 0. The summed E-state index contributed by atoms with van der Waals surface area (Å²) in [5, 5.41) is 4.37. The van der Waals surface area contributed by atoms with Crippen LogP contribution in [0.3, 0.4) is 0 Å². The molecule has 0 bridgehead atoms. The fourth-order valence-electron chi connectivity index (χ4n) is 4.14. The van der Waals surface area contributed by atoms with Gasteiger partial charge < -0.3 is 10.2 Å². The zero-order valence-electron chi connectivity index (χ0n) is 16.9. The monoisotopic (exact) mass is 397 g/mol. The summed E-state index contributed by atoms with van der Waals surface area (Å²) in [5.41, 5.74) is 3.99. The highest BCUT2D eigenvalue weighted by Crippen LogP contribution is 2.32. The Balaban J connectivity index is 1.86. The highest BCUT2D eigenvalue weighted by Gasteiger charge is 2.29. The zero-order chi connectivity index (χ0) is 20.1. The van der Waals surface area contributed by atoms with Crippen molar-refractivity contribution in [3.05, 3.63) is 65.4 Å². The molecule has 5 nitrogen and oxygen atoms in total. The van der Waals surface area contributed by atoms with Gasteiger partial charge in [-0.1, -0.05) is 38.1 Å². The molecule has 0 saturated carbocycles. The molecule has 28 heavy (non-hydrogen) atoms. The molecule has 1 aromatic heterocycles. The molecule has 0 radical (unpaired) electrons. The van der Waals surface area contributed by atoms with Crippen molar-refractivity contribution in [3.8, 4) is 0 Å². The Hall–Kier alpha value is -2.15. The molecule has 0 aliphatic carbocycles. The van der Waals surface area contributed by atoms with Crippen LogP contribution in [0.4, 0.5) is 0 Å². The Kier molecular flexibility index (Phi) is 4.61. The van der Waals surface area contributed by atoms with E-state index >= 15 is 0 Å². The first-order valence-electron chi connectivity index (χ1n) is 9.53. The molecule has 148 valence electrons. The van der Waals surface area contributed by atoms with Crippen LogP contribution in [-0.4, -0.2) is 37.9 Å². The highest BCUT2D eigenvalue weighted by molar-refractivity contribution is 7.90. The molecule has 1 aliphatic rings. The number of nitrogens with zero attached hydrogens (tertiary/aromatic N) is 2. The third-order valence-corrected chi connectivity index (χ3v) is 7.16. The summed E-state index contributed by atoms with van der Waals surface area (Å²) in [6.45, 7) is 6.63. The zero-order valence-corrected chi connectivity index (χ0v) is 17.7. The van der Waals surface area contributed by atoms with E-state index in [0.29, 0.717) is 18.0 Å². The molecule has 0 unspecified atom stereocenters. The second kappa shape index (κ2) is 6.72. The maximum atomic E-state index is 13.5. The van der Waals surface area contributed by atoms with Crippen LogP contribution in [0.2, 0.25) is 0 Å². The standard InChI is InChI=1S/C22H27N3O2S/c1-22(2)15-23-12-16-11-18(9-10-20(16)22)28(26,27)25-14-17(13-24(3)4)19-7-5-6-8-21(19)25/h5-11,14,23H,12-13,15H2,1-4H3. The van der Waals surface area contributed by atoms with Gasteiger partial charge in [0.05, 0.1) is 10.4 Å². The molecular formula is C22H27N3O2S. The van der Waals surface area contributed by atoms with Crippen molar-refractivity contribution in [2.45, 2.75) is 37.2 Å². The first-order valence-corrected chi connectivity index (χ1v) is 11.0. The SMILES string of the molecule is CN(C)Cc1cn(S(=O)(=O)c2ccc3c(c2)CNCC3(C)C)c2ccccc12. The molecule has 1 aliphatic heterocycles. The summed E-state index contributed by atoms with van der Waals surface area (Å²) in [6, 6.07) is 13.3. The fourth-order valence-corrected chi connectivity index (χ4v) is 5.58. The lowest BCUT2D eigenvalue weighted by molar-refractivity contribution is 0.404. The van der Waals surface area contributed by atoms with Crippen LogP contribution >= 0.6 is 0 Å². The summed E-state index contributed by atoms with van der Waals surface area (Å²) in [4.78, 5) is 2.38. The minimum atomic E-state index is -3.68. The number of hydrogen-bond donors (Lipinski definition) is 1. The van der Waals surface area contributed by atoms with Gasteiger partial charge in [-0.2, -0.15) is 0 Å². The van der Waals surface area contributed by atoms with E-state index < -0.39 is 10.0 Å². The second-order valence-corrected chi connectivity index (χ2v) is 10.3. The smallest absolute Gasteiger partial charge is 0.268 e. The molecule has 6 heteroatoms. The van der Waals surface area contributed by atoms with E-state index in [2.05, 4.69) is 19.2 Å². The van der Waals surface area contributed by atoms with E-state index in [4.69, 9.17) is 0 Å². The lowest BCUT2D eigenvalue weighted by atomic mass is 9.79. The van der Waals surface area contributed by atoms with Gasteiger partial charge in [0, 0.05) is 36.6 Å². The molecular weight excluding hydrogens is 370 g/mol. The highest BCUT2D eigenvalue weighted by atomic mass is 32.2. The quantitative estimate of drug-likeness (QED) is 0.734. The van der Waals surface area contributed by atoms with Gasteiger partial charge in [0.25, 0.3) is 10.0 Å². The van der Waals surface area contributed by atoms with E-state index in [1.54, 1.807) is 12.3 Å². The van der Waals surface area contributed by atoms with Crippen LogP contribution in [0.15, 0.2) is 53.6 Å². The fraction of sp³-hybridized carbons (Fsp3) is 0.364. The molecule has 4 rings (SSSR count). The number of fused-ring (bicyclic) bond motifs is 2. The predicted molar refractivity (Wildman–Crippen MR) is 113 cm³/mol. The van der Waals surface area contributed by atoms with Gasteiger partial charge in [0.2, 0.25) is 0 Å². The van der Waals surface area contributed by atoms with Crippen LogP contribution in [0.1, 0.15) is 30.5 Å². The van der Waals surface area contributed by atoms with Crippen LogP contribution in [-0.2, 0) is 28.5 Å². The number of benzene rings is 2. The molecule has 0 saturated heterocycles. The molecule has 0 fully saturated rings. The minimum absolute atomic E-state index is 0.00506. The summed E-state index contributed by atoms with van der Waals surface area (Å²) in [6.07, 6.45) is 1.77. The summed E-state index contributed by atoms with van der Waals surface area (Å²) < 4.78 is 28.5. The Morgan fingerprint density at radius 2 is 1.89 bits per heavy atom. The maximum absolute atomic E-state index is 13.5. The molecule has 1 N–H and O–H groups in total. The van der Waals surface area contributed by atoms with Gasteiger partial charge in [-0.15, -0.1) is 0 Å². The van der Waals surface area contributed by atoms with Crippen molar-refractivity contribution in [2.75, 3.05) is 20.6 Å². The van der Waals surface area contributed by atoms with Crippen molar-refractivity contribution < 1.29 is 8.42 Å². The Labute approximate surface area is 167 Å². The molecule has 3 aromatic rings. The number of rotatable bonds is 4. The van der Waals surface area contributed by atoms with Gasteiger partial charge in [-0.3, -0.25) is 0 Å². The Morgan fingerprint density at radius 3 is 2.64 bits per heavy atom. The topological polar surface area (TPSA) is 54.3 Å². The van der Waals surface area contributed by atoms with Gasteiger partial charge in [-0.05, 0) is 49.0 Å². The van der Waals surface area contributed by atoms with Crippen molar-refractivity contribution >= 4 is 20.9 Å². The van der Waals surface area contributed by atoms with Crippen LogP contribution < -0.4 is 5.32 Å². The second-order valence-electron chi connectivity index (χ2n) is 8.52. The van der Waals surface area contributed by atoms with Crippen molar-refractivity contribution in [2.24, 2.45) is 0 Å². The van der Waals surface area contributed by atoms with Gasteiger partial charge >= 0.3 is 0 Å². The Bertz CT molecular complexity index is 1140. The predicted octanol–water partition coefficient (Wildman–Crippen LogP) is 3.32. The van der Waals surface area contributed by atoms with Crippen LogP contribution in [0.5, 0.6) is 0 Å². The van der Waals surface area contributed by atoms with E-state index in [1.807, 2.05) is 55.4 Å². The van der Waals surface area contributed by atoms with E-state index in [9.17, 15) is 8.42 Å². The summed E-state index contributed by atoms with van der Waals surface area (Å²) in [7, 11) is 0.289. The van der Waals surface area contributed by atoms with Gasteiger partial charge in [-0.25, -0.2) is 12.4 Å². The molecule has 2 aromatic carbocycles. The van der Waals surface area contributed by atoms with Crippen molar-refractivity contribution in [1.82, 2.24) is 14.2 Å². The van der Waals surface area contributed by atoms with E-state index in [1.165, 1.54) is 9.54 Å². The maximum Gasteiger partial charge on any atom is 0.268 e. The van der Waals surface area contributed by atoms with Crippen molar-refractivity contribution in [1.29, 1.82) is 0 Å². The number of hydrogen-bond acceptors (Lipinski definition) is 4. The average molecular weight is 398 g/mol. The summed E-state index contributed by atoms with van der Waals surface area (Å²) in [5.74, 6) is 0. The third-order valence-electron chi connectivity index (χ3n) is 5.49. The van der Waals surface area contributed by atoms with Crippen LogP contribution in [0, 0.1) is 0 Å². The first kappa shape index (κ1) is 19.2.